The molecule has 0 aliphatic carbocycles. The Balaban J connectivity index is 1.58. The first-order chi connectivity index (χ1) is 14.0. The van der Waals surface area contributed by atoms with Crippen molar-refractivity contribution in [2.75, 3.05) is 17.2 Å². The summed E-state index contributed by atoms with van der Waals surface area (Å²) in [4.78, 5) is 27.8. The number of nitrogens with one attached hydrogen (secondary N) is 2. The molecule has 1 aromatic heterocycles. The maximum atomic E-state index is 11.9. The van der Waals surface area contributed by atoms with Crippen molar-refractivity contribution in [2.24, 2.45) is 0 Å². The van der Waals surface area contributed by atoms with Gasteiger partial charge in [-0.25, -0.2) is 4.98 Å². The van der Waals surface area contributed by atoms with Gasteiger partial charge in [0.15, 0.2) is 5.13 Å². The summed E-state index contributed by atoms with van der Waals surface area (Å²) in [5.74, 6) is -0.603. The fourth-order valence-electron chi connectivity index (χ4n) is 2.54. The Morgan fingerprint density at radius 2 is 1.86 bits per heavy atom. The van der Waals surface area contributed by atoms with Crippen molar-refractivity contribution in [1.82, 2.24) is 4.98 Å². The topological polar surface area (TPSA) is 80.3 Å². The van der Waals surface area contributed by atoms with Crippen molar-refractivity contribution in [2.45, 2.75) is 19.8 Å². The molecule has 2 aromatic carbocycles. The number of hydrogen-bond donors (Lipinski definition) is 2. The number of anilines is 3. The van der Waals surface area contributed by atoms with E-state index in [2.05, 4.69) is 15.6 Å². The average Bonchev–Trinajstić information content (AvgIpc) is 3.18. The van der Waals surface area contributed by atoms with Crippen LogP contribution < -0.4 is 10.6 Å². The number of carbonyl (C=O) groups excluding carboxylic acids is 2. The molecule has 0 fully saturated rings. The third kappa shape index (κ3) is 6.04. The lowest BCUT2D eigenvalue weighted by molar-refractivity contribution is -0.144. The lowest BCUT2D eigenvalue weighted by Gasteiger charge is -2.06. The first-order valence-corrected chi connectivity index (χ1v) is 10.3. The van der Waals surface area contributed by atoms with Crippen LogP contribution in [0, 0.1) is 0 Å². The van der Waals surface area contributed by atoms with Gasteiger partial charge in [0, 0.05) is 23.1 Å². The van der Waals surface area contributed by atoms with E-state index < -0.39 is 0 Å². The predicted molar refractivity (Wildman–Crippen MR) is 117 cm³/mol. The van der Waals surface area contributed by atoms with Gasteiger partial charge in [0.1, 0.15) is 0 Å². The van der Waals surface area contributed by atoms with Crippen LogP contribution in [-0.4, -0.2) is 23.5 Å². The number of ether oxygens (including phenoxy) is 1. The number of benzene rings is 2. The minimum Gasteiger partial charge on any atom is -0.466 e. The summed E-state index contributed by atoms with van der Waals surface area (Å²) in [5.41, 5.74) is 3.21. The highest BCUT2D eigenvalue weighted by Gasteiger charge is 2.09. The van der Waals surface area contributed by atoms with Gasteiger partial charge in [-0.1, -0.05) is 35.9 Å². The monoisotopic (exact) mass is 429 g/mol. The molecular formula is C21H20ClN3O3S. The van der Waals surface area contributed by atoms with Crippen LogP contribution in [0.3, 0.4) is 0 Å². The third-order valence-electron chi connectivity index (χ3n) is 3.95. The van der Waals surface area contributed by atoms with E-state index >= 15 is 0 Å². The molecule has 0 spiro atoms. The second kappa shape index (κ2) is 10.0. The standard InChI is InChI=1S/C21H20ClN3O3S/c1-2-28-20(27)12-11-19(26)23-15-9-7-14(8-10-15)18-13-29-21(25-18)24-17-6-4-3-5-16(17)22/h3-10,13H,2,11-12H2,1H3,(H,23,26)(H,24,25). The number of nitrogens with zero attached hydrogens (tertiary/aromatic N) is 1. The molecule has 0 unspecified atom stereocenters. The number of para-hydroxylation sites is 1. The van der Waals surface area contributed by atoms with E-state index in [9.17, 15) is 9.59 Å². The first kappa shape index (κ1) is 20.8. The van der Waals surface area contributed by atoms with Crippen LogP contribution in [0.2, 0.25) is 5.02 Å². The number of esters is 1. The molecule has 0 atom stereocenters. The van der Waals surface area contributed by atoms with Gasteiger partial charge in [0.25, 0.3) is 0 Å². The second-order valence-corrected chi connectivity index (χ2v) is 7.34. The van der Waals surface area contributed by atoms with E-state index in [0.717, 1.165) is 22.1 Å². The fraction of sp³-hybridized carbons (Fsp3) is 0.190. The van der Waals surface area contributed by atoms with Crippen molar-refractivity contribution in [1.29, 1.82) is 0 Å². The number of amides is 1. The minimum absolute atomic E-state index is 0.0673. The Morgan fingerprint density at radius 3 is 2.59 bits per heavy atom. The van der Waals surface area contributed by atoms with Crippen molar-refractivity contribution >= 4 is 51.3 Å². The molecule has 2 N–H and O–H groups in total. The molecule has 0 saturated heterocycles. The Labute approximate surface area is 177 Å². The summed E-state index contributed by atoms with van der Waals surface area (Å²) in [6.45, 7) is 2.05. The number of hydrogen-bond acceptors (Lipinski definition) is 6. The molecule has 0 saturated carbocycles. The molecule has 3 rings (SSSR count). The highest BCUT2D eigenvalue weighted by Crippen LogP contribution is 2.30. The van der Waals surface area contributed by atoms with Gasteiger partial charge in [-0.15, -0.1) is 11.3 Å². The lowest BCUT2D eigenvalue weighted by Crippen LogP contribution is -2.14. The van der Waals surface area contributed by atoms with Crippen LogP contribution in [0.5, 0.6) is 0 Å². The summed E-state index contributed by atoms with van der Waals surface area (Å²) in [5, 5.41) is 9.31. The number of aromatic nitrogens is 1. The molecule has 1 amide bonds. The van der Waals surface area contributed by atoms with Gasteiger partial charge in [0.2, 0.25) is 5.91 Å². The van der Waals surface area contributed by atoms with E-state index in [0.29, 0.717) is 17.3 Å². The normalized spacial score (nSPS) is 10.4. The molecule has 150 valence electrons. The first-order valence-electron chi connectivity index (χ1n) is 9.08. The summed E-state index contributed by atoms with van der Waals surface area (Å²) in [6, 6.07) is 14.9. The van der Waals surface area contributed by atoms with Crippen molar-refractivity contribution in [3.63, 3.8) is 0 Å². The lowest BCUT2D eigenvalue weighted by atomic mass is 10.1. The van der Waals surface area contributed by atoms with E-state index in [1.807, 2.05) is 41.8 Å². The van der Waals surface area contributed by atoms with Crippen molar-refractivity contribution < 1.29 is 14.3 Å². The highest BCUT2D eigenvalue weighted by atomic mass is 35.5. The molecular weight excluding hydrogens is 410 g/mol. The molecule has 0 aliphatic rings. The van der Waals surface area contributed by atoms with E-state index in [1.165, 1.54) is 11.3 Å². The maximum absolute atomic E-state index is 11.9. The zero-order valence-corrected chi connectivity index (χ0v) is 17.3. The molecule has 8 heteroatoms. The number of carbonyl (C=O) groups is 2. The number of halogens is 1. The van der Waals surface area contributed by atoms with Gasteiger partial charge in [-0.3, -0.25) is 9.59 Å². The summed E-state index contributed by atoms with van der Waals surface area (Å²) >= 11 is 7.65. The zero-order chi connectivity index (χ0) is 20.6. The van der Waals surface area contributed by atoms with E-state index in [4.69, 9.17) is 16.3 Å². The molecule has 6 nitrogen and oxygen atoms in total. The molecule has 0 bridgehead atoms. The Hall–Kier alpha value is -2.90. The Bertz CT molecular complexity index is 989. The summed E-state index contributed by atoms with van der Waals surface area (Å²) in [6.07, 6.45) is 0.154. The third-order valence-corrected chi connectivity index (χ3v) is 5.03. The average molecular weight is 430 g/mol. The molecule has 0 aliphatic heterocycles. The molecule has 29 heavy (non-hydrogen) atoms. The van der Waals surface area contributed by atoms with Gasteiger partial charge in [-0.05, 0) is 31.2 Å². The van der Waals surface area contributed by atoms with Crippen LogP contribution >= 0.6 is 22.9 Å². The predicted octanol–water partition coefficient (Wildman–Crippen LogP) is 5.49. The zero-order valence-electron chi connectivity index (χ0n) is 15.8. The van der Waals surface area contributed by atoms with E-state index in [-0.39, 0.29) is 24.7 Å². The van der Waals surface area contributed by atoms with Crippen LogP contribution in [0.15, 0.2) is 53.9 Å². The number of thiazole rings is 1. The van der Waals surface area contributed by atoms with E-state index in [1.54, 1.807) is 19.1 Å². The van der Waals surface area contributed by atoms with Crippen LogP contribution in [0.4, 0.5) is 16.5 Å². The molecule has 1 heterocycles. The second-order valence-electron chi connectivity index (χ2n) is 6.07. The highest BCUT2D eigenvalue weighted by molar-refractivity contribution is 7.14. The SMILES string of the molecule is CCOC(=O)CCC(=O)Nc1ccc(-c2csc(Nc3ccccc3Cl)n2)cc1. The Kier molecular flexibility index (Phi) is 7.21. The largest absolute Gasteiger partial charge is 0.466 e. The van der Waals surface area contributed by atoms with Gasteiger partial charge < -0.3 is 15.4 Å². The Morgan fingerprint density at radius 1 is 1.10 bits per heavy atom. The van der Waals surface area contributed by atoms with Crippen LogP contribution in [0.25, 0.3) is 11.3 Å². The van der Waals surface area contributed by atoms with Crippen molar-refractivity contribution in [3.8, 4) is 11.3 Å². The summed E-state index contributed by atoms with van der Waals surface area (Å²) in [7, 11) is 0. The minimum atomic E-state index is -0.372. The van der Waals surface area contributed by atoms with Gasteiger partial charge in [0.05, 0.1) is 29.4 Å². The van der Waals surface area contributed by atoms with Crippen molar-refractivity contribution in [3.05, 3.63) is 58.9 Å². The molecule has 0 radical (unpaired) electrons. The summed E-state index contributed by atoms with van der Waals surface area (Å²) < 4.78 is 4.82. The number of rotatable bonds is 8. The van der Waals surface area contributed by atoms with Gasteiger partial charge in [-0.2, -0.15) is 0 Å². The maximum Gasteiger partial charge on any atom is 0.306 e. The van der Waals surface area contributed by atoms with Gasteiger partial charge >= 0.3 is 5.97 Å². The quantitative estimate of drug-likeness (QED) is 0.463. The smallest absolute Gasteiger partial charge is 0.306 e. The van der Waals surface area contributed by atoms with Crippen LogP contribution in [-0.2, 0) is 14.3 Å². The van der Waals surface area contributed by atoms with Crippen LogP contribution in [0.1, 0.15) is 19.8 Å². The fourth-order valence-corrected chi connectivity index (χ4v) is 3.45. The molecule has 3 aromatic rings.